The second-order valence-corrected chi connectivity index (χ2v) is 4.38. The maximum atomic E-state index is 10.9. The van der Waals surface area contributed by atoms with Crippen LogP contribution in [0.4, 0.5) is 0 Å². The minimum atomic E-state index is -3.25. The van der Waals surface area contributed by atoms with Crippen LogP contribution in [-0.2, 0) is 19.0 Å². The molecule has 11 heavy (non-hydrogen) atoms. The van der Waals surface area contributed by atoms with Gasteiger partial charge in [0.25, 0.3) is 10.1 Å². The second kappa shape index (κ2) is 2.73. The summed E-state index contributed by atoms with van der Waals surface area (Å²) in [6, 6.07) is 0. The average molecular weight is 180 g/mol. The predicted molar refractivity (Wildman–Crippen MR) is 39.5 cm³/mol. The Morgan fingerprint density at radius 3 is 2.64 bits per heavy atom. The Morgan fingerprint density at radius 2 is 2.09 bits per heavy atom. The first-order valence-corrected chi connectivity index (χ1v) is 4.69. The van der Waals surface area contributed by atoms with Crippen LogP contribution in [0.2, 0.25) is 0 Å². The predicted octanol–water partition coefficient (Wildman–Crippen LogP) is 0.488. The summed E-state index contributed by atoms with van der Waals surface area (Å²) in [6.07, 6.45) is 0.616. The molecule has 2 rings (SSSR count). The van der Waals surface area contributed by atoms with Crippen LogP contribution in [0.5, 0.6) is 0 Å². The summed E-state index contributed by atoms with van der Waals surface area (Å²) in [4.78, 5) is 0. The molecule has 4 nitrogen and oxygen atoms in total. The zero-order chi connectivity index (χ0) is 7.19. The zero-order valence-electron chi connectivity index (χ0n) is 5.32. The van der Waals surface area contributed by atoms with Gasteiger partial charge in [0.2, 0.25) is 0 Å². The Balaban J connectivity index is 0.000000605. The Kier molecular flexibility index (Phi) is 2.22. The van der Waals surface area contributed by atoms with E-state index in [1.165, 1.54) is 0 Å². The van der Waals surface area contributed by atoms with Crippen LogP contribution < -0.4 is 0 Å². The van der Waals surface area contributed by atoms with Gasteiger partial charge in [-0.2, -0.15) is 8.42 Å². The van der Waals surface area contributed by atoms with Crippen LogP contribution >= 0.6 is 0 Å². The monoisotopic (exact) mass is 180 g/mol. The first kappa shape index (κ1) is 8.96. The minimum absolute atomic E-state index is 0. The fourth-order valence-corrected chi connectivity index (χ4v) is 2.66. The Bertz CT molecular complexity index is 233. The highest BCUT2D eigenvalue weighted by Gasteiger charge is 2.42. The molecule has 0 aliphatic carbocycles. The van der Waals surface area contributed by atoms with Crippen molar-refractivity contribution in [2.45, 2.75) is 31.8 Å². The lowest BCUT2D eigenvalue weighted by atomic mass is 10.2. The van der Waals surface area contributed by atoms with Gasteiger partial charge in [-0.15, -0.1) is 0 Å². The van der Waals surface area contributed by atoms with Gasteiger partial charge in [0.1, 0.15) is 0 Å². The molecule has 5 heteroatoms. The molecular weight excluding hydrogens is 168 g/mol. The van der Waals surface area contributed by atoms with Crippen LogP contribution in [0.3, 0.4) is 0 Å². The van der Waals surface area contributed by atoms with Crippen molar-refractivity contribution in [1.82, 2.24) is 0 Å². The molecule has 2 unspecified atom stereocenters. The highest BCUT2D eigenvalue weighted by molar-refractivity contribution is 7.87. The third-order valence-electron chi connectivity index (χ3n) is 1.85. The lowest BCUT2D eigenvalue weighted by Crippen LogP contribution is -2.21. The molecular formula is C6H12O4S. The summed E-state index contributed by atoms with van der Waals surface area (Å²) in [6.45, 7) is 0.508. The van der Waals surface area contributed by atoms with Crippen LogP contribution in [0.15, 0.2) is 0 Å². The van der Waals surface area contributed by atoms with Gasteiger partial charge in [0.15, 0.2) is 6.29 Å². The fourth-order valence-electron chi connectivity index (χ4n) is 1.29. The van der Waals surface area contributed by atoms with Crippen molar-refractivity contribution in [2.75, 3.05) is 6.61 Å². The maximum Gasteiger partial charge on any atom is 0.273 e. The van der Waals surface area contributed by atoms with Crippen molar-refractivity contribution in [1.29, 1.82) is 0 Å². The van der Waals surface area contributed by atoms with Crippen molar-refractivity contribution in [3.8, 4) is 0 Å². The van der Waals surface area contributed by atoms with Crippen molar-refractivity contribution in [2.24, 2.45) is 0 Å². The summed E-state index contributed by atoms with van der Waals surface area (Å²) in [7, 11) is -3.25. The molecule has 2 bridgehead atoms. The first-order valence-electron chi connectivity index (χ1n) is 3.22. The Labute approximate surface area is 66.6 Å². The summed E-state index contributed by atoms with van der Waals surface area (Å²) in [5, 5.41) is -0.300. The van der Waals surface area contributed by atoms with Crippen molar-refractivity contribution in [3.63, 3.8) is 0 Å². The van der Waals surface area contributed by atoms with E-state index in [9.17, 15) is 8.42 Å². The molecule has 2 aliphatic rings. The zero-order valence-corrected chi connectivity index (χ0v) is 6.13. The SMILES string of the molecule is C.O=S1(=O)OC2CC1CCO2. The number of hydrogen-bond acceptors (Lipinski definition) is 4. The number of ether oxygens (including phenoxy) is 1. The van der Waals surface area contributed by atoms with Crippen LogP contribution in [0, 0.1) is 0 Å². The number of fused-ring (bicyclic) bond motifs is 2. The van der Waals surface area contributed by atoms with E-state index >= 15 is 0 Å². The van der Waals surface area contributed by atoms with Crippen LogP contribution in [0.1, 0.15) is 20.3 Å². The standard InChI is InChI=1S/C5H8O4S.CH4/c6-10(7)4-1-2-8-5(3-4)9-10;/h4-5H,1-3H2;1H4. The molecule has 0 amide bonds. The van der Waals surface area contributed by atoms with Gasteiger partial charge in [0, 0.05) is 6.42 Å². The third-order valence-corrected chi connectivity index (χ3v) is 3.58. The fraction of sp³-hybridized carbons (Fsp3) is 1.00. The summed E-state index contributed by atoms with van der Waals surface area (Å²) in [5.74, 6) is 0. The molecule has 0 N–H and O–H groups in total. The molecule has 2 heterocycles. The molecule has 2 saturated heterocycles. The van der Waals surface area contributed by atoms with Crippen molar-refractivity contribution >= 4 is 10.1 Å². The molecule has 0 radical (unpaired) electrons. The average Bonchev–Trinajstić information content (AvgIpc) is 2.04. The van der Waals surface area contributed by atoms with E-state index in [1.54, 1.807) is 0 Å². The second-order valence-electron chi connectivity index (χ2n) is 2.54. The summed E-state index contributed by atoms with van der Waals surface area (Å²) < 4.78 is 31.5. The van der Waals surface area contributed by atoms with Gasteiger partial charge in [-0.3, -0.25) is 0 Å². The summed E-state index contributed by atoms with van der Waals surface area (Å²) >= 11 is 0. The molecule has 2 fully saturated rings. The lowest BCUT2D eigenvalue weighted by Gasteiger charge is -2.13. The normalized spacial score (nSPS) is 39.6. The van der Waals surface area contributed by atoms with E-state index < -0.39 is 16.4 Å². The smallest absolute Gasteiger partial charge is 0.273 e. The minimum Gasteiger partial charge on any atom is -0.351 e. The molecule has 0 spiro atoms. The Morgan fingerprint density at radius 1 is 1.36 bits per heavy atom. The molecule has 66 valence electrons. The van der Waals surface area contributed by atoms with E-state index in [1.807, 2.05) is 0 Å². The lowest BCUT2D eigenvalue weighted by molar-refractivity contribution is -0.0793. The molecule has 0 aromatic carbocycles. The largest absolute Gasteiger partial charge is 0.351 e. The van der Waals surface area contributed by atoms with Gasteiger partial charge in [-0.05, 0) is 6.42 Å². The molecule has 0 saturated carbocycles. The Hall–Kier alpha value is -0.130. The van der Waals surface area contributed by atoms with Crippen LogP contribution in [0.25, 0.3) is 0 Å². The highest BCUT2D eigenvalue weighted by Crippen LogP contribution is 2.30. The van der Waals surface area contributed by atoms with Gasteiger partial charge in [0.05, 0.1) is 11.9 Å². The number of hydrogen-bond donors (Lipinski definition) is 0. The van der Waals surface area contributed by atoms with Gasteiger partial charge < -0.3 is 4.74 Å². The molecule has 0 aromatic rings. The van der Waals surface area contributed by atoms with E-state index in [2.05, 4.69) is 4.18 Å². The topological polar surface area (TPSA) is 52.6 Å². The van der Waals surface area contributed by atoms with E-state index in [0.717, 1.165) is 0 Å². The van der Waals surface area contributed by atoms with Gasteiger partial charge >= 0.3 is 0 Å². The summed E-state index contributed by atoms with van der Waals surface area (Å²) in [5.41, 5.74) is 0. The van der Waals surface area contributed by atoms with E-state index in [0.29, 0.717) is 19.4 Å². The van der Waals surface area contributed by atoms with E-state index in [-0.39, 0.29) is 12.7 Å². The first-order chi connectivity index (χ1) is 4.68. The third kappa shape index (κ3) is 1.40. The molecule has 2 aliphatic heterocycles. The quantitative estimate of drug-likeness (QED) is 0.509. The molecule has 2 atom stereocenters. The highest BCUT2D eigenvalue weighted by atomic mass is 32.2. The maximum absolute atomic E-state index is 10.9. The van der Waals surface area contributed by atoms with Gasteiger partial charge in [-0.1, -0.05) is 7.43 Å². The van der Waals surface area contributed by atoms with Crippen molar-refractivity contribution in [3.05, 3.63) is 0 Å². The van der Waals surface area contributed by atoms with E-state index in [4.69, 9.17) is 4.74 Å². The number of rotatable bonds is 0. The molecule has 0 aromatic heterocycles. The van der Waals surface area contributed by atoms with Crippen molar-refractivity contribution < 1.29 is 17.3 Å². The van der Waals surface area contributed by atoms with Crippen LogP contribution in [-0.4, -0.2) is 26.6 Å². The van der Waals surface area contributed by atoms with Gasteiger partial charge in [-0.25, -0.2) is 4.18 Å².